The zero-order chi connectivity index (χ0) is 14.2. The van der Waals surface area contributed by atoms with Crippen LogP contribution in [0.3, 0.4) is 0 Å². The number of likely N-dealkylation sites (tertiary alicyclic amines) is 1. The number of aliphatic carboxylic acids is 1. The van der Waals surface area contributed by atoms with Gasteiger partial charge < -0.3 is 20.1 Å². The van der Waals surface area contributed by atoms with Gasteiger partial charge in [-0.1, -0.05) is 20.8 Å². The molecule has 0 aliphatic carbocycles. The summed E-state index contributed by atoms with van der Waals surface area (Å²) in [5, 5.41) is 11.8. The van der Waals surface area contributed by atoms with Crippen LogP contribution in [-0.4, -0.2) is 53.3 Å². The number of amides is 2. The van der Waals surface area contributed by atoms with Crippen LogP contribution < -0.4 is 5.32 Å². The molecule has 0 radical (unpaired) electrons. The molecule has 2 fully saturated rings. The van der Waals surface area contributed by atoms with E-state index in [2.05, 4.69) is 5.32 Å². The normalized spacial score (nSPS) is 28.1. The number of carbonyl (C=O) groups excluding carboxylic acids is 1. The highest BCUT2D eigenvalue weighted by atomic mass is 16.5. The first-order valence-electron chi connectivity index (χ1n) is 6.71. The highest BCUT2D eigenvalue weighted by molar-refractivity contribution is 5.83. The van der Waals surface area contributed by atoms with E-state index in [9.17, 15) is 14.7 Å². The molecule has 0 saturated carbocycles. The average molecular weight is 270 g/mol. The summed E-state index contributed by atoms with van der Waals surface area (Å²) in [6.07, 6.45) is 2.19. The van der Waals surface area contributed by atoms with E-state index in [0.717, 1.165) is 12.8 Å². The van der Waals surface area contributed by atoms with Crippen LogP contribution in [0.4, 0.5) is 4.79 Å². The molecule has 0 spiro atoms. The number of urea groups is 1. The maximum absolute atomic E-state index is 12.2. The van der Waals surface area contributed by atoms with Gasteiger partial charge in [0.05, 0.1) is 12.2 Å². The van der Waals surface area contributed by atoms with E-state index in [-0.39, 0.29) is 18.2 Å². The van der Waals surface area contributed by atoms with Gasteiger partial charge >= 0.3 is 12.0 Å². The highest BCUT2D eigenvalue weighted by Gasteiger charge is 2.38. The number of morpholine rings is 1. The Labute approximate surface area is 113 Å². The molecule has 2 amide bonds. The maximum atomic E-state index is 12.2. The van der Waals surface area contributed by atoms with Crippen LogP contribution in [0, 0.1) is 5.41 Å². The minimum atomic E-state index is -1.00. The number of nitrogens with one attached hydrogen (secondary N) is 1. The summed E-state index contributed by atoms with van der Waals surface area (Å²) in [6, 6.07) is -1.19. The molecule has 0 aromatic rings. The number of hydrogen-bond donors (Lipinski definition) is 2. The van der Waals surface area contributed by atoms with Crippen LogP contribution in [0.1, 0.15) is 33.6 Å². The number of hydrogen-bond acceptors (Lipinski definition) is 3. The van der Waals surface area contributed by atoms with Crippen molar-refractivity contribution < 1.29 is 19.4 Å². The summed E-state index contributed by atoms with van der Waals surface area (Å²) in [6.45, 7) is 6.51. The smallest absolute Gasteiger partial charge is 0.326 e. The second-order valence-corrected chi connectivity index (χ2v) is 6.45. The molecular formula is C13H22N2O4. The van der Waals surface area contributed by atoms with Gasteiger partial charge in [-0.15, -0.1) is 0 Å². The summed E-state index contributed by atoms with van der Waals surface area (Å²) in [4.78, 5) is 25.1. The van der Waals surface area contributed by atoms with Crippen LogP contribution in [0.2, 0.25) is 0 Å². The topological polar surface area (TPSA) is 78.9 Å². The predicted molar refractivity (Wildman–Crippen MR) is 68.9 cm³/mol. The zero-order valence-electron chi connectivity index (χ0n) is 11.7. The molecule has 2 N–H and O–H groups in total. The Balaban J connectivity index is 1.98. The summed E-state index contributed by atoms with van der Waals surface area (Å²) in [7, 11) is 0. The van der Waals surface area contributed by atoms with E-state index in [1.54, 1.807) is 25.7 Å². The Bertz CT molecular complexity index is 365. The maximum Gasteiger partial charge on any atom is 0.326 e. The molecule has 108 valence electrons. The van der Waals surface area contributed by atoms with Gasteiger partial charge in [0.15, 0.2) is 0 Å². The Morgan fingerprint density at radius 2 is 1.79 bits per heavy atom. The minimum absolute atomic E-state index is 0.113. The number of carboxylic acid groups (broad SMARTS) is 1. The summed E-state index contributed by atoms with van der Waals surface area (Å²) in [5.41, 5.74) is -0.521. The summed E-state index contributed by atoms with van der Waals surface area (Å²) < 4.78 is 5.66. The van der Waals surface area contributed by atoms with Gasteiger partial charge in [0.25, 0.3) is 0 Å². The largest absolute Gasteiger partial charge is 0.480 e. The third kappa shape index (κ3) is 3.18. The lowest BCUT2D eigenvalue weighted by molar-refractivity contribution is -0.142. The lowest BCUT2D eigenvalue weighted by atomic mass is 9.87. The fraction of sp³-hybridized carbons (Fsp3) is 0.846. The molecule has 6 nitrogen and oxygen atoms in total. The fourth-order valence-corrected chi connectivity index (χ4v) is 2.64. The van der Waals surface area contributed by atoms with Gasteiger partial charge in [-0.3, -0.25) is 0 Å². The van der Waals surface area contributed by atoms with E-state index in [1.807, 2.05) is 0 Å². The van der Waals surface area contributed by atoms with Gasteiger partial charge in [0, 0.05) is 13.1 Å². The molecule has 2 aliphatic rings. The average Bonchev–Trinajstić information content (AvgIpc) is 2.62. The molecule has 0 aromatic carbocycles. The molecule has 2 aliphatic heterocycles. The van der Waals surface area contributed by atoms with Crippen LogP contribution >= 0.6 is 0 Å². The van der Waals surface area contributed by atoms with Crippen molar-refractivity contribution in [3.8, 4) is 0 Å². The molecule has 2 heterocycles. The Kier molecular flexibility index (Phi) is 3.71. The third-order valence-electron chi connectivity index (χ3n) is 3.71. The number of fused-ring (bicyclic) bond motifs is 2. The van der Waals surface area contributed by atoms with Gasteiger partial charge in [0.1, 0.15) is 6.04 Å². The van der Waals surface area contributed by atoms with Crippen molar-refractivity contribution in [2.45, 2.75) is 51.9 Å². The Morgan fingerprint density at radius 1 is 1.26 bits per heavy atom. The minimum Gasteiger partial charge on any atom is -0.480 e. The van der Waals surface area contributed by atoms with Gasteiger partial charge in [-0.25, -0.2) is 9.59 Å². The SMILES string of the molecule is CC(C)(C)C(NC(=O)N1CC2CCC(C1)O2)C(=O)O. The number of carbonyl (C=O) groups is 2. The zero-order valence-corrected chi connectivity index (χ0v) is 11.7. The van der Waals surface area contributed by atoms with Gasteiger partial charge in [0.2, 0.25) is 0 Å². The number of carboxylic acids is 1. The van der Waals surface area contributed by atoms with Crippen molar-refractivity contribution in [1.82, 2.24) is 10.2 Å². The van der Waals surface area contributed by atoms with Crippen LogP contribution in [-0.2, 0) is 9.53 Å². The van der Waals surface area contributed by atoms with E-state index < -0.39 is 17.4 Å². The van der Waals surface area contributed by atoms with Crippen LogP contribution in [0.25, 0.3) is 0 Å². The van der Waals surface area contributed by atoms with Crippen molar-refractivity contribution >= 4 is 12.0 Å². The molecule has 0 aromatic heterocycles. The van der Waals surface area contributed by atoms with Crippen molar-refractivity contribution in [1.29, 1.82) is 0 Å². The Morgan fingerprint density at radius 3 is 2.21 bits per heavy atom. The second kappa shape index (κ2) is 5.00. The first-order valence-corrected chi connectivity index (χ1v) is 6.71. The molecule has 19 heavy (non-hydrogen) atoms. The fourth-order valence-electron chi connectivity index (χ4n) is 2.64. The predicted octanol–water partition coefficient (Wildman–Crippen LogP) is 1.06. The van der Waals surface area contributed by atoms with Crippen molar-refractivity contribution in [2.75, 3.05) is 13.1 Å². The van der Waals surface area contributed by atoms with E-state index >= 15 is 0 Å². The third-order valence-corrected chi connectivity index (χ3v) is 3.71. The van der Waals surface area contributed by atoms with E-state index in [0.29, 0.717) is 13.1 Å². The quantitative estimate of drug-likeness (QED) is 0.786. The highest BCUT2D eigenvalue weighted by Crippen LogP contribution is 2.26. The molecular weight excluding hydrogens is 248 g/mol. The number of ether oxygens (including phenoxy) is 1. The summed E-state index contributed by atoms with van der Waals surface area (Å²) in [5.74, 6) is -1.00. The second-order valence-electron chi connectivity index (χ2n) is 6.45. The van der Waals surface area contributed by atoms with Gasteiger partial charge in [-0.05, 0) is 18.3 Å². The van der Waals surface area contributed by atoms with Crippen molar-refractivity contribution in [2.24, 2.45) is 5.41 Å². The lowest BCUT2D eigenvalue weighted by Gasteiger charge is -2.35. The summed E-state index contributed by atoms with van der Waals surface area (Å²) >= 11 is 0. The van der Waals surface area contributed by atoms with E-state index in [4.69, 9.17) is 4.74 Å². The molecule has 6 heteroatoms. The lowest BCUT2D eigenvalue weighted by Crippen LogP contribution is -2.56. The Hall–Kier alpha value is -1.30. The first-order chi connectivity index (χ1) is 8.77. The van der Waals surface area contributed by atoms with Gasteiger partial charge in [-0.2, -0.15) is 0 Å². The van der Waals surface area contributed by atoms with Crippen LogP contribution in [0.15, 0.2) is 0 Å². The van der Waals surface area contributed by atoms with Crippen molar-refractivity contribution in [3.63, 3.8) is 0 Å². The first kappa shape index (κ1) is 14.1. The number of rotatable bonds is 2. The molecule has 2 bridgehead atoms. The molecule has 3 unspecified atom stereocenters. The monoisotopic (exact) mass is 270 g/mol. The number of nitrogens with zero attached hydrogens (tertiary/aromatic N) is 1. The molecule has 2 rings (SSSR count). The van der Waals surface area contributed by atoms with E-state index in [1.165, 1.54) is 0 Å². The standard InChI is InChI=1S/C13H22N2O4/c1-13(2,3)10(11(16)17)14-12(18)15-6-8-4-5-9(7-15)19-8/h8-10H,4-7H2,1-3H3,(H,14,18)(H,16,17). The van der Waals surface area contributed by atoms with Crippen molar-refractivity contribution in [3.05, 3.63) is 0 Å². The molecule has 3 atom stereocenters. The van der Waals surface area contributed by atoms with Crippen LogP contribution in [0.5, 0.6) is 0 Å². The molecule has 2 saturated heterocycles.